The minimum Gasteiger partial charge on any atom is -0.478 e. The van der Waals surface area contributed by atoms with Crippen molar-refractivity contribution in [3.8, 4) is 0 Å². The average molecular weight is 387 g/mol. The van der Waals surface area contributed by atoms with Gasteiger partial charge in [-0.25, -0.2) is 4.79 Å². The highest BCUT2D eigenvalue weighted by atomic mass is 127. The number of nitrogens with one attached hydrogen (secondary N) is 1. The van der Waals surface area contributed by atoms with Crippen molar-refractivity contribution in [3.05, 3.63) is 49.2 Å². The van der Waals surface area contributed by atoms with Crippen LogP contribution < -0.4 is 5.32 Å². The van der Waals surface area contributed by atoms with Crippen molar-refractivity contribution in [2.75, 3.05) is 5.32 Å². The van der Waals surface area contributed by atoms with E-state index in [4.69, 9.17) is 5.11 Å². The minimum atomic E-state index is -1.00. The van der Waals surface area contributed by atoms with Crippen molar-refractivity contribution in [2.24, 2.45) is 0 Å². The van der Waals surface area contributed by atoms with Gasteiger partial charge in [0.25, 0.3) is 5.91 Å². The molecule has 0 atom stereocenters. The molecule has 2 rings (SSSR count). The molecule has 2 aromatic rings. The van der Waals surface area contributed by atoms with Crippen molar-refractivity contribution in [3.63, 3.8) is 0 Å². The second kappa shape index (κ2) is 5.70. The third kappa shape index (κ3) is 3.32. The van der Waals surface area contributed by atoms with Crippen LogP contribution in [0.4, 0.5) is 5.69 Å². The second-order valence-corrected chi connectivity index (χ2v) is 6.73. The largest absolute Gasteiger partial charge is 0.478 e. The maximum Gasteiger partial charge on any atom is 0.336 e. The molecule has 0 saturated heterocycles. The zero-order valence-corrected chi connectivity index (χ0v) is 12.9. The first-order chi connectivity index (χ1) is 8.97. The van der Waals surface area contributed by atoms with Crippen LogP contribution in [0.5, 0.6) is 0 Å². The number of rotatable bonds is 3. The molecule has 1 aromatic carbocycles. The highest BCUT2D eigenvalue weighted by Gasteiger charge is 2.11. The number of benzene rings is 1. The fourth-order valence-electron chi connectivity index (χ4n) is 1.56. The predicted molar refractivity (Wildman–Crippen MR) is 83.1 cm³/mol. The number of halogens is 1. The van der Waals surface area contributed by atoms with Crippen molar-refractivity contribution < 1.29 is 14.7 Å². The summed E-state index contributed by atoms with van der Waals surface area (Å²) in [4.78, 5) is 23.0. The van der Waals surface area contributed by atoms with Crippen molar-refractivity contribution >= 4 is 51.5 Å². The number of carboxylic acids is 1. The molecule has 6 heteroatoms. The molecule has 0 fully saturated rings. The molecular formula is C13H10INO3S. The van der Waals surface area contributed by atoms with E-state index in [2.05, 4.69) is 27.9 Å². The van der Waals surface area contributed by atoms with Crippen molar-refractivity contribution in [1.82, 2.24) is 0 Å². The van der Waals surface area contributed by atoms with Crippen molar-refractivity contribution in [1.29, 1.82) is 0 Å². The van der Waals surface area contributed by atoms with Crippen LogP contribution >= 0.6 is 33.9 Å². The van der Waals surface area contributed by atoms with Gasteiger partial charge in [-0.15, -0.1) is 11.3 Å². The maximum absolute atomic E-state index is 11.9. The van der Waals surface area contributed by atoms with Gasteiger partial charge in [-0.3, -0.25) is 4.79 Å². The molecule has 0 unspecified atom stereocenters. The third-order valence-corrected chi connectivity index (χ3v) is 4.34. The Morgan fingerprint density at radius 2 is 2.05 bits per heavy atom. The summed E-state index contributed by atoms with van der Waals surface area (Å²) in [5.41, 5.74) is 1.91. The topological polar surface area (TPSA) is 66.4 Å². The summed E-state index contributed by atoms with van der Waals surface area (Å²) in [6.45, 7) is 1.72. The molecule has 1 amide bonds. The van der Waals surface area contributed by atoms with E-state index >= 15 is 0 Å². The van der Waals surface area contributed by atoms with E-state index < -0.39 is 5.97 Å². The van der Waals surface area contributed by atoms with Crippen LogP contribution in [0.25, 0.3) is 0 Å². The summed E-state index contributed by atoms with van der Waals surface area (Å²) >= 11 is 3.63. The Morgan fingerprint density at radius 3 is 2.63 bits per heavy atom. The van der Waals surface area contributed by atoms with E-state index in [1.807, 2.05) is 0 Å². The first-order valence-corrected chi connectivity index (χ1v) is 7.32. The number of thiophene rings is 1. The third-order valence-electron chi connectivity index (χ3n) is 2.56. The number of aryl methyl sites for hydroxylation is 1. The lowest BCUT2D eigenvalue weighted by Crippen LogP contribution is -2.11. The Kier molecular flexibility index (Phi) is 4.20. The minimum absolute atomic E-state index is 0.192. The van der Waals surface area contributed by atoms with Gasteiger partial charge in [0.05, 0.1) is 14.0 Å². The van der Waals surface area contributed by atoms with Gasteiger partial charge in [0.1, 0.15) is 0 Å². The number of hydrogen-bond donors (Lipinski definition) is 2. The summed E-state index contributed by atoms with van der Waals surface area (Å²) in [6.07, 6.45) is 0. The fraction of sp³-hybridized carbons (Fsp3) is 0.0769. The Morgan fingerprint density at radius 1 is 1.32 bits per heavy atom. The van der Waals surface area contributed by atoms with Crippen LogP contribution in [0.1, 0.15) is 26.3 Å². The summed E-state index contributed by atoms with van der Waals surface area (Å²) in [5, 5.41) is 13.5. The lowest BCUT2D eigenvalue weighted by Gasteiger charge is -2.07. The number of carbonyl (C=O) groups is 2. The highest BCUT2D eigenvalue weighted by molar-refractivity contribution is 14.1. The molecule has 0 saturated carbocycles. The first kappa shape index (κ1) is 14.0. The standard InChI is InChI=1S/C13H10INO3S/c1-7-2-3-9(5-10(7)13(17)18)15-12(16)8-4-11(14)19-6-8/h2-6H,1H3,(H,15,16)(H,17,18). The predicted octanol–water partition coefficient (Wildman–Crippen LogP) is 3.61. The van der Waals surface area contributed by atoms with Gasteiger partial charge in [0, 0.05) is 11.1 Å². The summed E-state index contributed by atoms with van der Waals surface area (Å²) < 4.78 is 1.03. The normalized spacial score (nSPS) is 10.2. The van der Waals surface area contributed by atoms with Crippen LogP contribution in [0.15, 0.2) is 29.6 Å². The quantitative estimate of drug-likeness (QED) is 0.791. The lowest BCUT2D eigenvalue weighted by atomic mass is 10.1. The molecule has 1 heterocycles. The molecule has 0 aliphatic heterocycles. The first-order valence-electron chi connectivity index (χ1n) is 5.36. The van der Waals surface area contributed by atoms with Crippen LogP contribution in [0, 0.1) is 9.81 Å². The molecule has 0 aliphatic carbocycles. The van der Waals surface area contributed by atoms with Gasteiger partial charge in [0.15, 0.2) is 0 Å². The van der Waals surface area contributed by atoms with Gasteiger partial charge in [-0.2, -0.15) is 0 Å². The van der Waals surface area contributed by atoms with Crippen molar-refractivity contribution in [2.45, 2.75) is 6.92 Å². The Hall–Kier alpha value is -1.41. The van der Waals surface area contributed by atoms with E-state index in [0.717, 1.165) is 2.88 Å². The van der Waals surface area contributed by atoms with E-state index in [0.29, 0.717) is 16.8 Å². The zero-order chi connectivity index (χ0) is 14.0. The summed E-state index contributed by atoms with van der Waals surface area (Å²) in [6, 6.07) is 6.62. The smallest absolute Gasteiger partial charge is 0.336 e. The highest BCUT2D eigenvalue weighted by Crippen LogP contribution is 2.19. The van der Waals surface area contributed by atoms with E-state index in [-0.39, 0.29) is 11.5 Å². The van der Waals surface area contributed by atoms with Gasteiger partial charge in [0.2, 0.25) is 0 Å². The number of anilines is 1. The SMILES string of the molecule is Cc1ccc(NC(=O)c2csc(I)c2)cc1C(=O)O. The van der Waals surface area contributed by atoms with Crippen LogP contribution in [0.2, 0.25) is 0 Å². The van der Waals surface area contributed by atoms with Crippen LogP contribution in [0.3, 0.4) is 0 Å². The second-order valence-electron chi connectivity index (χ2n) is 3.93. The number of aromatic carboxylic acids is 1. The molecule has 2 N–H and O–H groups in total. The number of hydrogen-bond acceptors (Lipinski definition) is 3. The van der Waals surface area contributed by atoms with Gasteiger partial charge in [-0.1, -0.05) is 6.07 Å². The van der Waals surface area contributed by atoms with Gasteiger partial charge in [-0.05, 0) is 53.3 Å². The molecule has 1 aromatic heterocycles. The molecule has 0 radical (unpaired) electrons. The monoisotopic (exact) mass is 387 g/mol. The molecule has 0 spiro atoms. The Labute approximate surface area is 127 Å². The fourth-order valence-corrected chi connectivity index (χ4v) is 2.89. The molecule has 4 nitrogen and oxygen atoms in total. The molecule has 98 valence electrons. The number of carboxylic acid groups (broad SMARTS) is 1. The van der Waals surface area contributed by atoms with Crippen LogP contribution in [-0.4, -0.2) is 17.0 Å². The average Bonchev–Trinajstić information content (AvgIpc) is 2.78. The molecule has 19 heavy (non-hydrogen) atoms. The summed E-state index contributed by atoms with van der Waals surface area (Å²) in [5.74, 6) is -1.24. The summed E-state index contributed by atoms with van der Waals surface area (Å²) in [7, 11) is 0. The molecule has 0 bridgehead atoms. The van der Waals surface area contributed by atoms with E-state index in [1.54, 1.807) is 30.5 Å². The van der Waals surface area contributed by atoms with Gasteiger partial charge < -0.3 is 10.4 Å². The molecule has 0 aliphatic rings. The Bertz CT molecular complexity index is 651. The maximum atomic E-state index is 11.9. The lowest BCUT2D eigenvalue weighted by molar-refractivity contribution is 0.0695. The van der Waals surface area contributed by atoms with E-state index in [9.17, 15) is 9.59 Å². The Balaban J connectivity index is 2.22. The van der Waals surface area contributed by atoms with Gasteiger partial charge >= 0.3 is 5.97 Å². The van der Waals surface area contributed by atoms with Crippen LogP contribution in [-0.2, 0) is 0 Å². The number of amides is 1. The molecular weight excluding hydrogens is 377 g/mol. The number of carbonyl (C=O) groups excluding carboxylic acids is 1. The van der Waals surface area contributed by atoms with E-state index in [1.165, 1.54) is 17.4 Å². The zero-order valence-electron chi connectivity index (χ0n) is 9.94.